The van der Waals surface area contributed by atoms with Crippen LogP contribution >= 0.6 is 7.82 Å². The number of hydrogen-bond donors (Lipinski definition) is 2. The Bertz CT molecular complexity index is 998. The molecular formula is C28H44NO6P. The van der Waals surface area contributed by atoms with Crippen molar-refractivity contribution in [3.63, 3.8) is 0 Å². The van der Waals surface area contributed by atoms with Crippen molar-refractivity contribution in [1.82, 2.24) is 4.90 Å². The van der Waals surface area contributed by atoms with Crippen molar-refractivity contribution < 1.29 is 28.4 Å². The molecule has 0 bridgehead atoms. The molecule has 1 aromatic carbocycles. The summed E-state index contributed by atoms with van der Waals surface area (Å²) in [5, 5.41) is 0. The Morgan fingerprint density at radius 2 is 1.94 bits per heavy atom. The average molecular weight is 522 g/mol. The van der Waals surface area contributed by atoms with E-state index in [1.54, 1.807) is 6.07 Å². The Kier molecular flexibility index (Phi) is 7.98. The number of carbonyl (C=O) groups excluding carboxylic acids is 1. The molecule has 2 fully saturated rings. The van der Waals surface area contributed by atoms with Crippen LogP contribution in [0.3, 0.4) is 0 Å². The van der Waals surface area contributed by atoms with E-state index in [4.69, 9.17) is 9.26 Å². The number of fused-ring (bicyclic) bond motifs is 5. The summed E-state index contributed by atoms with van der Waals surface area (Å²) in [4.78, 5) is 33.7. The van der Waals surface area contributed by atoms with Crippen LogP contribution in [0.5, 0.6) is 5.75 Å². The number of nitrogens with zero attached hydrogens (tertiary/aromatic N) is 1. The molecule has 2 N–H and O–H groups in total. The minimum Gasteiger partial charge on any atom is -0.461 e. The third-order valence-corrected chi connectivity index (χ3v) is 9.81. The molecule has 0 aromatic heterocycles. The highest BCUT2D eigenvalue weighted by Crippen LogP contribution is 2.63. The quantitative estimate of drug-likeness (QED) is 0.343. The van der Waals surface area contributed by atoms with Crippen LogP contribution in [0.2, 0.25) is 0 Å². The average Bonchev–Trinajstić information content (AvgIpc) is 3.08. The molecule has 0 amide bonds. The van der Waals surface area contributed by atoms with Crippen LogP contribution in [0.15, 0.2) is 18.2 Å². The monoisotopic (exact) mass is 521 g/mol. The smallest absolute Gasteiger partial charge is 0.461 e. The number of phosphoric ester groups is 1. The van der Waals surface area contributed by atoms with Crippen molar-refractivity contribution >= 4 is 13.8 Å². The summed E-state index contributed by atoms with van der Waals surface area (Å²) in [6.45, 7) is 8.73. The van der Waals surface area contributed by atoms with Crippen molar-refractivity contribution in [3.05, 3.63) is 29.3 Å². The number of carbonyl (C=O) groups is 1. The number of rotatable bonds is 8. The van der Waals surface area contributed by atoms with Crippen LogP contribution in [0.1, 0.15) is 83.3 Å². The van der Waals surface area contributed by atoms with E-state index < -0.39 is 7.82 Å². The van der Waals surface area contributed by atoms with Gasteiger partial charge in [-0.2, -0.15) is 0 Å². The van der Waals surface area contributed by atoms with Crippen molar-refractivity contribution in [2.24, 2.45) is 29.1 Å². The maximum absolute atomic E-state index is 13.2. The molecule has 0 spiro atoms. The van der Waals surface area contributed by atoms with E-state index in [9.17, 15) is 19.1 Å². The number of ether oxygens (including phenoxy) is 1. The zero-order valence-electron chi connectivity index (χ0n) is 22.6. The van der Waals surface area contributed by atoms with E-state index in [0.29, 0.717) is 23.7 Å². The highest BCUT2D eigenvalue weighted by molar-refractivity contribution is 7.46. The maximum Gasteiger partial charge on any atom is 0.524 e. The van der Waals surface area contributed by atoms with Gasteiger partial charge in [-0.05, 0) is 99.0 Å². The fourth-order valence-corrected chi connectivity index (χ4v) is 8.44. The number of hydrogen-bond acceptors (Lipinski definition) is 5. The largest absolute Gasteiger partial charge is 0.524 e. The molecule has 0 radical (unpaired) electrons. The lowest BCUT2D eigenvalue weighted by Gasteiger charge is -2.53. The van der Waals surface area contributed by atoms with Crippen LogP contribution in [0.25, 0.3) is 0 Å². The summed E-state index contributed by atoms with van der Waals surface area (Å²) in [6.07, 6.45) is 7.15. The van der Waals surface area contributed by atoms with E-state index in [1.165, 1.54) is 5.56 Å². The fourth-order valence-electron chi connectivity index (χ4n) is 8.05. The van der Waals surface area contributed by atoms with Gasteiger partial charge in [-0.3, -0.25) is 19.5 Å². The number of esters is 1. The van der Waals surface area contributed by atoms with Gasteiger partial charge in [0.05, 0.1) is 0 Å². The Balaban J connectivity index is 1.60. The van der Waals surface area contributed by atoms with Crippen LogP contribution in [-0.2, 0) is 20.5 Å². The van der Waals surface area contributed by atoms with Crippen molar-refractivity contribution in [3.8, 4) is 5.75 Å². The number of phosphoric acid groups is 1. The van der Waals surface area contributed by atoms with Gasteiger partial charge >= 0.3 is 13.8 Å². The van der Waals surface area contributed by atoms with Crippen LogP contribution in [-0.4, -0.2) is 46.9 Å². The maximum atomic E-state index is 13.2. The summed E-state index contributed by atoms with van der Waals surface area (Å²) < 4.78 is 22.6. The third kappa shape index (κ3) is 5.27. The fraction of sp³-hybridized carbons (Fsp3) is 0.750. The van der Waals surface area contributed by atoms with E-state index in [-0.39, 0.29) is 35.2 Å². The number of likely N-dealkylation sites (N-methyl/N-ethyl adjacent to an activating group) is 1. The van der Waals surface area contributed by atoms with E-state index >= 15 is 0 Å². The Morgan fingerprint density at radius 1 is 1.22 bits per heavy atom. The molecule has 7 nitrogen and oxygen atoms in total. The summed E-state index contributed by atoms with van der Waals surface area (Å²) >= 11 is 0. The third-order valence-electron chi connectivity index (χ3n) is 9.36. The zero-order chi connectivity index (χ0) is 26.4. The molecule has 8 heteroatoms. The van der Waals surface area contributed by atoms with Gasteiger partial charge in [0.1, 0.15) is 17.9 Å². The lowest BCUT2D eigenvalue weighted by molar-refractivity contribution is -0.165. The van der Waals surface area contributed by atoms with E-state index in [0.717, 1.165) is 50.5 Å². The molecule has 0 unspecified atom stereocenters. The van der Waals surface area contributed by atoms with Gasteiger partial charge in [-0.1, -0.05) is 46.6 Å². The van der Waals surface area contributed by atoms with Gasteiger partial charge in [0.2, 0.25) is 0 Å². The zero-order valence-corrected chi connectivity index (χ0v) is 23.5. The lowest BCUT2D eigenvalue weighted by atomic mass is 9.52. The first kappa shape index (κ1) is 27.6. The van der Waals surface area contributed by atoms with Gasteiger partial charge in [-0.15, -0.1) is 0 Å². The minimum atomic E-state index is -4.59. The first-order valence-corrected chi connectivity index (χ1v) is 15.1. The molecule has 0 saturated heterocycles. The Morgan fingerprint density at radius 3 is 2.56 bits per heavy atom. The summed E-state index contributed by atoms with van der Waals surface area (Å²) in [6, 6.07) is 5.34. The van der Waals surface area contributed by atoms with Crippen molar-refractivity contribution in [2.75, 3.05) is 14.1 Å². The molecule has 1 aromatic rings. The molecule has 0 aliphatic heterocycles. The van der Waals surface area contributed by atoms with Gasteiger partial charge in [0.15, 0.2) is 0 Å². The standard InChI is InChI=1S/C28H44NO6P/c1-7-8-18-15-19-16-20(35-36(31,32)33)9-10-21(19)22-13-14-28(4)23(25(18)22)11-12-24(28)34-27(30)26(17(2)3)29(5)6/h9-10,16-18,22-26H,7-8,11-15H2,1-6H3,(H2,31,32,33)/t18-,22-,23+,24+,25-,26+,28+/m1/s1. The molecule has 3 aliphatic carbocycles. The highest BCUT2D eigenvalue weighted by atomic mass is 31.2. The molecule has 4 rings (SSSR count). The SMILES string of the molecule is CCC[C@@H]1Cc2cc(OP(=O)(O)O)ccc2[C@H]2CC[C@]3(C)[C@@H](OC(=O)[C@H](C(C)C)N(C)C)CC[C@H]3[C@H]12. The van der Waals surface area contributed by atoms with E-state index in [1.807, 2.05) is 31.1 Å². The molecule has 36 heavy (non-hydrogen) atoms. The predicted octanol–water partition coefficient (Wildman–Crippen LogP) is 5.54. The van der Waals surface area contributed by atoms with Crippen LogP contribution in [0.4, 0.5) is 0 Å². The van der Waals surface area contributed by atoms with Crippen molar-refractivity contribution in [2.45, 2.75) is 90.7 Å². The second-order valence-corrected chi connectivity index (χ2v) is 13.3. The molecule has 3 aliphatic rings. The molecular weight excluding hydrogens is 477 g/mol. The van der Waals surface area contributed by atoms with Crippen LogP contribution < -0.4 is 4.52 Å². The first-order valence-electron chi connectivity index (χ1n) is 13.6. The predicted molar refractivity (Wildman–Crippen MR) is 140 cm³/mol. The summed E-state index contributed by atoms with van der Waals surface area (Å²) in [5.74, 6) is 2.29. The first-order chi connectivity index (χ1) is 16.9. The molecule has 7 atom stereocenters. The van der Waals surface area contributed by atoms with E-state index in [2.05, 4.69) is 27.7 Å². The van der Waals surface area contributed by atoms with Gasteiger partial charge in [0.25, 0.3) is 0 Å². The summed E-state index contributed by atoms with van der Waals surface area (Å²) in [5.41, 5.74) is 2.45. The lowest BCUT2D eigenvalue weighted by Crippen LogP contribution is -2.49. The highest BCUT2D eigenvalue weighted by Gasteiger charge is 2.58. The van der Waals surface area contributed by atoms with Crippen molar-refractivity contribution in [1.29, 1.82) is 0 Å². The molecule has 2 saturated carbocycles. The number of benzene rings is 1. The summed E-state index contributed by atoms with van der Waals surface area (Å²) in [7, 11) is -0.695. The Hall–Kier alpha value is -1.40. The molecule has 0 heterocycles. The Labute approximate surface area is 216 Å². The normalized spacial score (nSPS) is 32.6. The van der Waals surface area contributed by atoms with Crippen LogP contribution in [0, 0.1) is 29.1 Å². The molecule has 202 valence electrons. The van der Waals surface area contributed by atoms with Gasteiger partial charge < -0.3 is 9.26 Å². The second kappa shape index (κ2) is 10.4. The van der Waals surface area contributed by atoms with Gasteiger partial charge in [0, 0.05) is 5.41 Å². The van der Waals surface area contributed by atoms with Gasteiger partial charge in [-0.25, -0.2) is 4.57 Å². The second-order valence-electron chi connectivity index (χ2n) is 12.2. The minimum absolute atomic E-state index is 0.0162. The topological polar surface area (TPSA) is 96.3 Å².